The van der Waals surface area contributed by atoms with Crippen molar-refractivity contribution < 1.29 is 19.4 Å². The molecule has 0 aromatic heterocycles. The third-order valence-electron chi connectivity index (χ3n) is 3.26. The van der Waals surface area contributed by atoms with E-state index in [4.69, 9.17) is 9.84 Å². The molecule has 0 aliphatic heterocycles. The fourth-order valence-corrected chi connectivity index (χ4v) is 2.28. The smallest absolute Gasteiger partial charge is 0.408 e. The highest BCUT2D eigenvalue weighted by atomic mass is 16.5. The topological polar surface area (TPSA) is 75.6 Å². The number of hydrogen-bond donors (Lipinski definition) is 2. The molecule has 0 bridgehead atoms. The van der Waals surface area contributed by atoms with E-state index < -0.39 is 18.1 Å². The molecule has 18 heavy (non-hydrogen) atoms. The SMILES string of the molecule is C=CCOC(=O)NC(CCC1CCCC1)C(=O)O. The van der Waals surface area contributed by atoms with Gasteiger partial charge in [0.25, 0.3) is 0 Å². The molecule has 102 valence electrons. The zero-order valence-corrected chi connectivity index (χ0v) is 10.6. The van der Waals surface area contributed by atoms with Crippen molar-refractivity contribution in [1.82, 2.24) is 5.32 Å². The number of carboxylic acids is 1. The van der Waals surface area contributed by atoms with E-state index in [9.17, 15) is 9.59 Å². The maximum absolute atomic E-state index is 11.3. The van der Waals surface area contributed by atoms with E-state index in [2.05, 4.69) is 11.9 Å². The molecular weight excluding hydrogens is 234 g/mol. The van der Waals surface area contributed by atoms with E-state index in [0.717, 1.165) is 6.42 Å². The van der Waals surface area contributed by atoms with Crippen molar-refractivity contribution in [2.45, 2.75) is 44.6 Å². The Kier molecular flexibility index (Phi) is 6.25. The van der Waals surface area contributed by atoms with Crippen LogP contribution in [0.5, 0.6) is 0 Å². The van der Waals surface area contributed by atoms with Crippen molar-refractivity contribution in [3.63, 3.8) is 0 Å². The minimum atomic E-state index is -1.01. The summed E-state index contributed by atoms with van der Waals surface area (Å²) in [5.74, 6) is -0.401. The van der Waals surface area contributed by atoms with Crippen molar-refractivity contribution in [3.8, 4) is 0 Å². The van der Waals surface area contributed by atoms with Gasteiger partial charge in [0.1, 0.15) is 12.6 Å². The third kappa shape index (κ3) is 5.21. The number of amides is 1. The van der Waals surface area contributed by atoms with Crippen LogP contribution in [-0.2, 0) is 9.53 Å². The highest BCUT2D eigenvalue weighted by Crippen LogP contribution is 2.28. The van der Waals surface area contributed by atoms with Crippen molar-refractivity contribution in [3.05, 3.63) is 12.7 Å². The van der Waals surface area contributed by atoms with Gasteiger partial charge in [0.05, 0.1) is 0 Å². The molecule has 5 heteroatoms. The quantitative estimate of drug-likeness (QED) is 0.684. The largest absolute Gasteiger partial charge is 0.480 e. The number of alkyl carbamates (subject to hydrolysis) is 1. The van der Waals surface area contributed by atoms with E-state index in [1.54, 1.807) is 0 Å². The fraction of sp³-hybridized carbons (Fsp3) is 0.692. The molecular formula is C13H21NO4. The fourth-order valence-electron chi connectivity index (χ4n) is 2.28. The standard InChI is InChI=1S/C13H21NO4/c1-2-9-18-13(17)14-11(12(15)16)8-7-10-5-3-4-6-10/h2,10-11H,1,3-9H2,(H,14,17)(H,15,16). The average Bonchev–Trinajstić information content (AvgIpc) is 2.84. The van der Waals surface area contributed by atoms with Crippen molar-refractivity contribution in [2.75, 3.05) is 6.61 Å². The molecule has 0 saturated heterocycles. The first-order valence-corrected chi connectivity index (χ1v) is 6.40. The Morgan fingerprint density at radius 1 is 1.44 bits per heavy atom. The van der Waals surface area contributed by atoms with Crippen molar-refractivity contribution in [1.29, 1.82) is 0 Å². The monoisotopic (exact) mass is 255 g/mol. The normalized spacial score (nSPS) is 17.1. The predicted octanol–water partition coefficient (Wildman–Crippen LogP) is 2.32. The van der Waals surface area contributed by atoms with Crippen LogP contribution in [0.4, 0.5) is 4.79 Å². The second kappa shape index (κ2) is 7.74. The molecule has 1 unspecified atom stereocenters. The Morgan fingerprint density at radius 2 is 2.11 bits per heavy atom. The lowest BCUT2D eigenvalue weighted by molar-refractivity contribution is -0.139. The van der Waals surface area contributed by atoms with Crippen LogP contribution in [0.1, 0.15) is 38.5 Å². The van der Waals surface area contributed by atoms with Crippen LogP contribution in [0, 0.1) is 5.92 Å². The lowest BCUT2D eigenvalue weighted by Gasteiger charge is -2.16. The number of nitrogens with one attached hydrogen (secondary N) is 1. The van der Waals surface area contributed by atoms with Gasteiger partial charge in [-0.3, -0.25) is 0 Å². The highest BCUT2D eigenvalue weighted by Gasteiger charge is 2.23. The summed E-state index contributed by atoms with van der Waals surface area (Å²) in [4.78, 5) is 22.3. The molecule has 1 fully saturated rings. The Morgan fingerprint density at radius 3 is 2.67 bits per heavy atom. The summed E-state index contributed by atoms with van der Waals surface area (Å²) < 4.78 is 4.71. The van der Waals surface area contributed by atoms with E-state index >= 15 is 0 Å². The molecule has 5 nitrogen and oxygen atoms in total. The Bertz CT molecular complexity index is 297. The van der Waals surface area contributed by atoms with Crippen LogP contribution in [0.15, 0.2) is 12.7 Å². The van der Waals surface area contributed by atoms with E-state index in [0.29, 0.717) is 12.3 Å². The van der Waals surface area contributed by atoms with Gasteiger partial charge in [0, 0.05) is 0 Å². The molecule has 1 atom stereocenters. The first-order chi connectivity index (χ1) is 8.63. The second-order valence-corrected chi connectivity index (χ2v) is 4.65. The van der Waals surface area contributed by atoms with Gasteiger partial charge in [0.15, 0.2) is 0 Å². The third-order valence-corrected chi connectivity index (χ3v) is 3.26. The highest BCUT2D eigenvalue weighted by molar-refractivity contribution is 5.79. The van der Waals surface area contributed by atoms with Gasteiger partial charge in [-0.2, -0.15) is 0 Å². The summed E-state index contributed by atoms with van der Waals surface area (Å²) in [7, 11) is 0. The number of hydrogen-bond acceptors (Lipinski definition) is 3. The minimum Gasteiger partial charge on any atom is -0.480 e. The number of aliphatic carboxylic acids is 1. The molecule has 2 N–H and O–H groups in total. The molecule has 0 aromatic carbocycles. The number of rotatable bonds is 7. The minimum absolute atomic E-state index is 0.0841. The summed E-state index contributed by atoms with van der Waals surface area (Å²) in [6.07, 6.45) is 6.86. The predicted molar refractivity (Wildman–Crippen MR) is 67.3 cm³/mol. The zero-order chi connectivity index (χ0) is 13.4. The molecule has 1 rings (SSSR count). The van der Waals surface area contributed by atoms with E-state index in [1.165, 1.54) is 31.8 Å². The molecule has 1 aliphatic rings. The molecule has 0 aromatic rings. The van der Waals surface area contributed by atoms with Crippen LogP contribution in [0.2, 0.25) is 0 Å². The van der Waals surface area contributed by atoms with Gasteiger partial charge in [-0.05, 0) is 18.8 Å². The lowest BCUT2D eigenvalue weighted by Crippen LogP contribution is -2.41. The molecule has 1 saturated carbocycles. The van der Waals surface area contributed by atoms with Gasteiger partial charge in [0.2, 0.25) is 0 Å². The maximum atomic E-state index is 11.3. The first kappa shape index (κ1) is 14.5. The molecule has 0 radical (unpaired) electrons. The lowest BCUT2D eigenvalue weighted by atomic mass is 9.98. The summed E-state index contributed by atoms with van der Waals surface area (Å²) in [6.45, 7) is 3.50. The van der Waals surface area contributed by atoms with Gasteiger partial charge in [-0.15, -0.1) is 0 Å². The summed E-state index contributed by atoms with van der Waals surface area (Å²) >= 11 is 0. The number of carboxylic acid groups (broad SMARTS) is 1. The van der Waals surface area contributed by atoms with Crippen LogP contribution in [0.3, 0.4) is 0 Å². The molecule has 0 spiro atoms. The number of ether oxygens (including phenoxy) is 1. The zero-order valence-electron chi connectivity index (χ0n) is 10.6. The molecule has 1 amide bonds. The first-order valence-electron chi connectivity index (χ1n) is 6.40. The van der Waals surface area contributed by atoms with E-state index in [-0.39, 0.29) is 6.61 Å². The average molecular weight is 255 g/mol. The second-order valence-electron chi connectivity index (χ2n) is 4.65. The molecule has 1 aliphatic carbocycles. The Labute approximate surface area is 107 Å². The number of carbonyl (C=O) groups is 2. The summed E-state index contributed by atoms with van der Waals surface area (Å²) in [5.41, 5.74) is 0. The summed E-state index contributed by atoms with van der Waals surface area (Å²) in [6, 6.07) is -0.858. The van der Waals surface area contributed by atoms with Crippen LogP contribution in [0.25, 0.3) is 0 Å². The Balaban J connectivity index is 2.31. The maximum Gasteiger partial charge on any atom is 0.408 e. The van der Waals surface area contributed by atoms with Gasteiger partial charge in [-0.1, -0.05) is 38.3 Å². The van der Waals surface area contributed by atoms with Crippen LogP contribution >= 0.6 is 0 Å². The van der Waals surface area contributed by atoms with Gasteiger partial charge >= 0.3 is 12.1 Å². The van der Waals surface area contributed by atoms with Crippen LogP contribution < -0.4 is 5.32 Å². The van der Waals surface area contributed by atoms with Crippen molar-refractivity contribution >= 4 is 12.1 Å². The number of carbonyl (C=O) groups excluding carboxylic acids is 1. The van der Waals surface area contributed by atoms with E-state index in [1.807, 2.05) is 0 Å². The van der Waals surface area contributed by atoms with Crippen LogP contribution in [-0.4, -0.2) is 29.8 Å². The van der Waals surface area contributed by atoms with Gasteiger partial charge in [-0.25, -0.2) is 9.59 Å². The molecule has 0 heterocycles. The Hall–Kier alpha value is -1.52. The van der Waals surface area contributed by atoms with Crippen molar-refractivity contribution in [2.24, 2.45) is 5.92 Å². The summed E-state index contributed by atoms with van der Waals surface area (Å²) in [5, 5.41) is 11.4. The van der Waals surface area contributed by atoms with Gasteiger partial charge < -0.3 is 15.2 Å².